The summed E-state index contributed by atoms with van der Waals surface area (Å²) in [6, 6.07) is 4.28. The molecule has 104 valence electrons. The minimum atomic E-state index is 0.182. The van der Waals surface area contributed by atoms with Crippen LogP contribution >= 0.6 is 0 Å². The van der Waals surface area contributed by atoms with Crippen molar-refractivity contribution in [1.29, 1.82) is 0 Å². The van der Waals surface area contributed by atoms with E-state index in [0.29, 0.717) is 13.0 Å². The van der Waals surface area contributed by atoms with E-state index >= 15 is 0 Å². The van der Waals surface area contributed by atoms with Gasteiger partial charge in [-0.15, -0.1) is 0 Å². The van der Waals surface area contributed by atoms with Crippen LogP contribution in [-0.4, -0.2) is 32.6 Å². The molecule has 0 spiro atoms. The number of aryl methyl sites for hydroxylation is 2. The second-order valence-corrected chi connectivity index (χ2v) is 5.28. The summed E-state index contributed by atoms with van der Waals surface area (Å²) in [4.78, 5) is 16.2. The molecule has 2 N–H and O–H groups in total. The van der Waals surface area contributed by atoms with Gasteiger partial charge in [0.05, 0.1) is 11.4 Å². The van der Waals surface area contributed by atoms with Crippen LogP contribution in [0.1, 0.15) is 24.0 Å². The van der Waals surface area contributed by atoms with E-state index in [2.05, 4.69) is 30.9 Å². The Labute approximate surface area is 115 Å². The molecule has 1 aromatic carbocycles. The molecule has 0 bridgehead atoms. The van der Waals surface area contributed by atoms with Crippen LogP contribution in [-0.2, 0) is 4.79 Å². The zero-order valence-corrected chi connectivity index (χ0v) is 12.1. The van der Waals surface area contributed by atoms with Crippen molar-refractivity contribution in [1.82, 2.24) is 0 Å². The van der Waals surface area contributed by atoms with Gasteiger partial charge >= 0.3 is 0 Å². The number of benzene rings is 1. The molecule has 4 heteroatoms. The van der Waals surface area contributed by atoms with Crippen LogP contribution in [0.4, 0.5) is 11.4 Å². The van der Waals surface area contributed by atoms with Gasteiger partial charge in [-0.1, -0.05) is 6.07 Å². The van der Waals surface area contributed by atoms with E-state index in [1.165, 1.54) is 16.8 Å². The first-order valence-electron chi connectivity index (χ1n) is 6.87. The van der Waals surface area contributed by atoms with E-state index in [4.69, 9.17) is 5.73 Å². The number of rotatable bonds is 3. The molecule has 1 amide bonds. The number of hydrogen-bond donors (Lipinski definition) is 1. The second-order valence-electron chi connectivity index (χ2n) is 5.28. The largest absolute Gasteiger partial charge is 0.369 e. The molecular weight excluding hydrogens is 238 g/mol. The number of nitrogens with two attached hydrogens (primary N) is 1. The molecule has 2 rings (SSSR count). The topological polar surface area (TPSA) is 49.6 Å². The molecule has 19 heavy (non-hydrogen) atoms. The lowest BCUT2D eigenvalue weighted by molar-refractivity contribution is -0.118. The molecule has 1 heterocycles. The number of carbonyl (C=O) groups excluding carboxylic acids is 1. The second kappa shape index (κ2) is 5.61. The van der Waals surface area contributed by atoms with Gasteiger partial charge in [-0.25, -0.2) is 0 Å². The highest BCUT2D eigenvalue weighted by Gasteiger charge is 2.24. The van der Waals surface area contributed by atoms with Crippen molar-refractivity contribution >= 4 is 17.3 Å². The smallest absolute Gasteiger partial charge is 0.228 e. The fourth-order valence-electron chi connectivity index (χ4n) is 2.75. The fourth-order valence-corrected chi connectivity index (χ4v) is 2.75. The Morgan fingerprint density at radius 1 is 1.32 bits per heavy atom. The monoisotopic (exact) mass is 261 g/mol. The summed E-state index contributed by atoms with van der Waals surface area (Å²) < 4.78 is 0. The third kappa shape index (κ3) is 2.73. The molecule has 1 aromatic rings. The highest BCUT2D eigenvalue weighted by atomic mass is 16.2. The summed E-state index contributed by atoms with van der Waals surface area (Å²) >= 11 is 0. The minimum absolute atomic E-state index is 0.182. The molecule has 1 aliphatic heterocycles. The summed E-state index contributed by atoms with van der Waals surface area (Å²) in [5.41, 5.74) is 10.3. The van der Waals surface area contributed by atoms with Crippen LogP contribution in [0.15, 0.2) is 12.1 Å². The Morgan fingerprint density at radius 2 is 2.05 bits per heavy atom. The van der Waals surface area contributed by atoms with Crippen molar-refractivity contribution < 1.29 is 4.79 Å². The summed E-state index contributed by atoms with van der Waals surface area (Å²) in [6.45, 7) is 6.56. The van der Waals surface area contributed by atoms with Crippen molar-refractivity contribution in [2.24, 2.45) is 5.73 Å². The Kier molecular flexibility index (Phi) is 4.10. The van der Waals surface area contributed by atoms with Crippen LogP contribution in [0.25, 0.3) is 0 Å². The molecule has 0 saturated carbocycles. The van der Waals surface area contributed by atoms with E-state index in [1.807, 2.05) is 7.05 Å². The van der Waals surface area contributed by atoms with E-state index < -0.39 is 0 Å². The quantitative estimate of drug-likeness (QED) is 0.903. The first kappa shape index (κ1) is 13.9. The minimum Gasteiger partial charge on any atom is -0.369 e. The Bertz CT molecular complexity index is 485. The van der Waals surface area contributed by atoms with Crippen LogP contribution in [0.5, 0.6) is 0 Å². The molecule has 0 aromatic heterocycles. The Balaban J connectivity index is 2.48. The predicted molar refractivity (Wildman–Crippen MR) is 79.8 cm³/mol. The van der Waals surface area contributed by atoms with Gasteiger partial charge in [0.25, 0.3) is 0 Å². The summed E-state index contributed by atoms with van der Waals surface area (Å²) in [7, 11) is 1.87. The summed E-state index contributed by atoms with van der Waals surface area (Å²) in [6.07, 6.45) is 1.51. The van der Waals surface area contributed by atoms with Gasteiger partial charge < -0.3 is 15.5 Å². The molecular formula is C15H23N3O. The lowest BCUT2D eigenvalue weighted by Crippen LogP contribution is -2.28. The first-order valence-corrected chi connectivity index (χ1v) is 6.87. The fraction of sp³-hybridized carbons (Fsp3) is 0.533. The zero-order valence-electron chi connectivity index (χ0n) is 12.1. The van der Waals surface area contributed by atoms with Gasteiger partial charge in [0.2, 0.25) is 5.91 Å². The molecule has 4 nitrogen and oxygen atoms in total. The average molecular weight is 261 g/mol. The van der Waals surface area contributed by atoms with Gasteiger partial charge in [-0.3, -0.25) is 4.79 Å². The molecule has 0 atom stereocenters. The molecule has 0 unspecified atom stereocenters. The van der Waals surface area contributed by atoms with Crippen LogP contribution in [0.3, 0.4) is 0 Å². The summed E-state index contributed by atoms with van der Waals surface area (Å²) in [5, 5.41) is 0. The van der Waals surface area contributed by atoms with Crippen LogP contribution in [0, 0.1) is 13.8 Å². The summed E-state index contributed by atoms with van der Waals surface area (Å²) in [5.74, 6) is 0.182. The van der Waals surface area contributed by atoms with Crippen molar-refractivity contribution in [2.75, 3.05) is 36.5 Å². The third-order valence-corrected chi connectivity index (χ3v) is 3.70. The van der Waals surface area contributed by atoms with Crippen molar-refractivity contribution in [2.45, 2.75) is 26.7 Å². The lowest BCUT2D eigenvalue weighted by Gasteiger charge is -2.27. The number of carbonyl (C=O) groups is 1. The normalized spacial score (nSPS) is 15.5. The van der Waals surface area contributed by atoms with E-state index in [0.717, 1.165) is 25.2 Å². The van der Waals surface area contributed by atoms with Gasteiger partial charge in [-0.05, 0) is 44.0 Å². The first-order chi connectivity index (χ1) is 9.04. The number of hydrogen-bond acceptors (Lipinski definition) is 3. The van der Waals surface area contributed by atoms with Crippen molar-refractivity contribution in [3.05, 3.63) is 23.3 Å². The van der Waals surface area contributed by atoms with Crippen LogP contribution < -0.4 is 15.5 Å². The zero-order chi connectivity index (χ0) is 14.0. The van der Waals surface area contributed by atoms with E-state index in [1.54, 1.807) is 4.90 Å². The number of nitrogens with zero attached hydrogens (tertiary/aromatic N) is 2. The van der Waals surface area contributed by atoms with Gasteiger partial charge in [-0.2, -0.15) is 0 Å². The molecule has 0 fully saturated rings. The van der Waals surface area contributed by atoms with Crippen LogP contribution in [0.2, 0.25) is 0 Å². The SMILES string of the molecule is Cc1cc(C)c2c(c1)N(C)C(=O)CCN2CCCN. The van der Waals surface area contributed by atoms with Gasteiger partial charge in [0.15, 0.2) is 0 Å². The molecule has 0 radical (unpaired) electrons. The van der Waals surface area contributed by atoms with E-state index in [-0.39, 0.29) is 5.91 Å². The maximum atomic E-state index is 12.1. The lowest BCUT2D eigenvalue weighted by atomic mass is 10.1. The van der Waals surface area contributed by atoms with Gasteiger partial charge in [0.1, 0.15) is 0 Å². The number of amides is 1. The number of anilines is 2. The number of fused-ring (bicyclic) bond motifs is 1. The highest BCUT2D eigenvalue weighted by molar-refractivity contribution is 5.98. The third-order valence-electron chi connectivity index (χ3n) is 3.70. The van der Waals surface area contributed by atoms with Crippen molar-refractivity contribution in [3.8, 4) is 0 Å². The van der Waals surface area contributed by atoms with Crippen molar-refractivity contribution in [3.63, 3.8) is 0 Å². The predicted octanol–water partition coefficient (Wildman–Crippen LogP) is 1.83. The van der Waals surface area contributed by atoms with Gasteiger partial charge in [0, 0.05) is 26.6 Å². The molecule has 0 saturated heterocycles. The maximum absolute atomic E-state index is 12.1. The Morgan fingerprint density at radius 3 is 2.74 bits per heavy atom. The average Bonchev–Trinajstić information content (AvgIpc) is 2.48. The standard InChI is InChI=1S/C15H23N3O/c1-11-9-12(2)15-13(10-11)17(3)14(19)5-8-18(15)7-4-6-16/h9-10H,4-8,16H2,1-3H3. The Hall–Kier alpha value is -1.55. The molecule has 0 aliphatic carbocycles. The highest BCUT2D eigenvalue weighted by Crippen LogP contribution is 2.36. The van der Waals surface area contributed by atoms with E-state index in [9.17, 15) is 4.79 Å². The maximum Gasteiger partial charge on any atom is 0.228 e. The molecule has 1 aliphatic rings.